The van der Waals surface area contributed by atoms with Crippen LogP contribution in [0.2, 0.25) is 0 Å². The first-order valence-electron chi connectivity index (χ1n) is 5.00. The van der Waals surface area contributed by atoms with E-state index in [1.165, 1.54) is 0 Å². The van der Waals surface area contributed by atoms with Crippen LogP contribution in [-0.2, 0) is 11.2 Å². The summed E-state index contributed by atoms with van der Waals surface area (Å²) in [5.41, 5.74) is 6.53. The Bertz CT molecular complexity index is 352. The van der Waals surface area contributed by atoms with Gasteiger partial charge in [-0.1, -0.05) is 20.8 Å². The predicted molar refractivity (Wildman–Crippen MR) is 63.0 cm³/mol. The summed E-state index contributed by atoms with van der Waals surface area (Å²) in [6.07, 6.45) is 0.350. The number of carbonyl (C=O) groups is 1. The maximum absolute atomic E-state index is 11.8. The zero-order valence-electron chi connectivity index (χ0n) is 9.70. The van der Waals surface area contributed by atoms with Gasteiger partial charge in [-0.25, -0.2) is 4.98 Å². The van der Waals surface area contributed by atoms with Gasteiger partial charge in [-0.05, 0) is 12.3 Å². The smallest absolute Gasteiger partial charge is 0.156 e. The Morgan fingerprint density at radius 2 is 2.20 bits per heavy atom. The number of aromatic nitrogens is 1. The van der Waals surface area contributed by atoms with Crippen LogP contribution in [0.1, 0.15) is 31.5 Å². The van der Waals surface area contributed by atoms with Crippen molar-refractivity contribution >= 4 is 17.1 Å². The molecule has 15 heavy (non-hydrogen) atoms. The largest absolute Gasteiger partial charge is 0.321 e. The van der Waals surface area contributed by atoms with Crippen molar-refractivity contribution in [1.82, 2.24) is 4.98 Å². The van der Waals surface area contributed by atoms with E-state index in [0.29, 0.717) is 6.42 Å². The van der Waals surface area contributed by atoms with E-state index in [-0.39, 0.29) is 11.2 Å². The van der Waals surface area contributed by atoms with Crippen LogP contribution in [0.4, 0.5) is 0 Å². The Balaban J connectivity index is 2.64. The van der Waals surface area contributed by atoms with Gasteiger partial charge in [-0.15, -0.1) is 11.3 Å². The lowest BCUT2D eigenvalue weighted by Crippen LogP contribution is -2.43. The van der Waals surface area contributed by atoms with Crippen molar-refractivity contribution in [2.24, 2.45) is 11.1 Å². The lowest BCUT2D eigenvalue weighted by atomic mass is 9.84. The summed E-state index contributed by atoms with van der Waals surface area (Å²) in [7, 11) is 0. The highest BCUT2D eigenvalue weighted by atomic mass is 32.1. The normalized spacial score (nSPS) is 13.9. The summed E-state index contributed by atoms with van der Waals surface area (Å²) in [6, 6.07) is -0.417. The van der Waals surface area contributed by atoms with Crippen molar-refractivity contribution in [3.63, 3.8) is 0 Å². The van der Waals surface area contributed by atoms with Crippen LogP contribution < -0.4 is 5.73 Å². The van der Waals surface area contributed by atoms with Crippen molar-refractivity contribution in [3.8, 4) is 0 Å². The molecule has 1 aromatic heterocycles. The highest BCUT2D eigenvalue weighted by Crippen LogP contribution is 2.19. The number of rotatable bonds is 3. The van der Waals surface area contributed by atoms with E-state index in [1.54, 1.807) is 11.3 Å². The zero-order valence-corrected chi connectivity index (χ0v) is 10.5. The molecule has 0 spiro atoms. The van der Waals surface area contributed by atoms with Crippen LogP contribution in [0.25, 0.3) is 0 Å². The topological polar surface area (TPSA) is 56.0 Å². The van der Waals surface area contributed by atoms with Gasteiger partial charge in [0.2, 0.25) is 0 Å². The monoisotopic (exact) mass is 226 g/mol. The third kappa shape index (κ3) is 3.39. The maximum Gasteiger partial charge on any atom is 0.156 e. The molecule has 0 fully saturated rings. The van der Waals surface area contributed by atoms with Crippen molar-refractivity contribution in [2.45, 2.75) is 40.2 Å². The van der Waals surface area contributed by atoms with Gasteiger partial charge in [-0.2, -0.15) is 0 Å². The number of aryl methyl sites for hydroxylation is 1. The number of hydrogen-bond acceptors (Lipinski definition) is 4. The Kier molecular flexibility index (Phi) is 3.62. The van der Waals surface area contributed by atoms with Gasteiger partial charge in [0.05, 0.1) is 23.2 Å². The number of ketones is 1. The fourth-order valence-corrected chi connectivity index (χ4v) is 1.87. The number of carbonyl (C=O) groups excluding carboxylic acids is 1. The molecule has 1 rings (SSSR count). The highest BCUT2D eigenvalue weighted by molar-refractivity contribution is 7.09. The number of nitrogens with zero attached hydrogens (tertiary/aromatic N) is 1. The van der Waals surface area contributed by atoms with Gasteiger partial charge in [0.1, 0.15) is 0 Å². The third-order valence-electron chi connectivity index (χ3n) is 2.30. The number of nitrogens with two attached hydrogens (primary N) is 1. The molecule has 1 heterocycles. The molecule has 0 bridgehead atoms. The van der Waals surface area contributed by atoms with Gasteiger partial charge in [0.25, 0.3) is 0 Å². The molecular formula is C11H18N2OS. The summed E-state index contributed by atoms with van der Waals surface area (Å²) in [6.45, 7) is 7.86. The fourth-order valence-electron chi connectivity index (χ4n) is 1.26. The van der Waals surface area contributed by atoms with E-state index in [1.807, 2.05) is 33.1 Å². The van der Waals surface area contributed by atoms with Crippen molar-refractivity contribution < 1.29 is 4.79 Å². The first kappa shape index (κ1) is 12.3. The number of thiazole rings is 1. The highest BCUT2D eigenvalue weighted by Gasteiger charge is 2.27. The molecule has 0 aliphatic carbocycles. The van der Waals surface area contributed by atoms with Crippen LogP contribution >= 0.6 is 11.3 Å². The molecule has 0 aliphatic rings. The minimum absolute atomic E-state index is 0.0628. The van der Waals surface area contributed by atoms with Crippen molar-refractivity contribution in [1.29, 1.82) is 0 Å². The van der Waals surface area contributed by atoms with E-state index in [4.69, 9.17) is 5.73 Å². The van der Waals surface area contributed by atoms with Gasteiger partial charge in [0, 0.05) is 5.38 Å². The molecule has 0 radical (unpaired) electrons. The van der Waals surface area contributed by atoms with Crippen LogP contribution in [0.5, 0.6) is 0 Å². The molecule has 4 heteroatoms. The number of Topliss-reactive ketones (excluding diaryl/α,β-unsaturated/α-hetero) is 1. The van der Waals surface area contributed by atoms with Gasteiger partial charge >= 0.3 is 0 Å². The zero-order chi connectivity index (χ0) is 11.6. The van der Waals surface area contributed by atoms with E-state index >= 15 is 0 Å². The molecule has 1 unspecified atom stereocenters. The standard InChI is InChI=1S/C11H18N2OS/c1-7-13-8(6-15-7)5-9(14)10(12)11(2,3)4/h6,10H,5,12H2,1-4H3. The maximum atomic E-state index is 11.8. The molecule has 0 aromatic carbocycles. The predicted octanol–water partition coefficient (Wildman–Crippen LogP) is 1.94. The summed E-state index contributed by atoms with van der Waals surface area (Å²) in [4.78, 5) is 16.1. The first-order chi connectivity index (χ1) is 6.80. The molecule has 1 atom stereocenters. The summed E-state index contributed by atoms with van der Waals surface area (Å²) in [5, 5.41) is 2.91. The second kappa shape index (κ2) is 4.41. The van der Waals surface area contributed by atoms with E-state index in [9.17, 15) is 4.79 Å². The van der Waals surface area contributed by atoms with Gasteiger partial charge < -0.3 is 5.73 Å². The lowest BCUT2D eigenvalue weighted by molar-refractivity contribution is -0.121. The third-order valence-corrected chi connectivity index (χ3v) is 3.12. The molecule has 2 N–H and O–H groups in total. The molecule has 0 aliphatic heterocycles. The molecule has 3 nitrogen and oxygen atoms in total. The fraction of sp³-hybridized carbons (Fsp3) is 0.636. The second-order valence-corrected chi connectivity index (χ2v) is 5.91. The van der Waals surface area contributed by atoms with Crippen LogP contribution in [0, 0.1) is 12.3 Å². The molecule has 0 saturated carbocycles. The summed E-state index contributed by atoms with van der Waals surface area (Å²) >= 11 is 1.56. The quantitative estimate of drug-likeness (QED) is 0.857. The molecular weight excluding hydrogens is 208 g/mol. The Morgan fingerprint density at radius 3 is 2.60 bits per heavy atom. The van der Waals surface area contributed by atoms with Crippen molar-refractivity contribution in [2.75, 3.05) is 0 Å². The summed E-state index contributed by atoms with van der Waals surface area (Å²) < 4.78 is 0. The van der Waals surface area contributed by atoms with Crippen molar-refractivity contribution in [3.05, 3.63) is 16.1 Å². The van der Waals surface area contributed by atoms with Gasteiger partial charge in [0.15, 0.2) is 5.78 Å². The molecule has 0 amide bonds. The molecule has 0 saturated heterocycles. The van der Waals surface area contributed by atoms with Crippen LogP contribution in [-0.4, -0.2) is 16.8 Å². The van der Waals surface area contributed by atoms with Gasteiger partial charge in [-0.3, -0.25) is 4.79 Å². The minimum Gasteiger partial charge on any atom is -0.321 e. The Morgan fingerprint density at radius 1 is 1.60 bits per heavy atom. The van der Waals surface area contributed by atoms with E-state index in [0.717, 1.165) is 10.7 Å². The Hall–Kier alpha value is -0.740. The van der Waals surface area contributed by atoms with E-state index in [2.05, 4.69) is 4.98 Å². The first-order valence-corrected chi connectivity index (χ1v) is 5.88. The second-order valence-electron chi connectivity index (χ2n) is 4.84. The van der Waals surface area contributed by atoms with E-state index < -0.39 is 6.04 Å². The lowest BCUT2D eigenvalue weighted by Gasteiger charge is -2.25. The van der Waals surface area contributed by atoms with Crippen LogP contribution in [0.3, 0.4) is 0 Å². The SMILES string of the molecule is Cc1nc(CC(=O)C(N)C(C)(C)C)cs1. The summed E-state index contributed by atoms with van der Waals surface area (Å²) in [5.74, 6) is 0.0628. The molecule has 84 valence electrons. The average Bonchev–Trinajstić information content (AvgIpc) is 2.48. The van der Waals surface area contributed by atoms with Crippen LogP contribution in [0.15, 0.2) is 5.38 Å². The Labute approximate surface area is 94.7 Å². The minimum atomic E-state index is -0.417. The molecule has 1 aromatic rings. The number of hydrogen-bond donors (Lipinski definition) is 1. The average molecular weight is 226 g/mol.